The van der Waals surface area contributed by atoms with Crippen LogP contribution in [0.3, 0.4) is 0 Å². The molecule has 0 radical (unpaired) electrons. The highest BCUT2D eigenvalue weighted by Crippen LogP contribution is 2.61. The third kappa shape index (κ3) is 2.83. The number of rotatable bonds is 4. The Hall–Kier alpha value is -1.61. The van der Waals surface area contributed by atoms with Gasteiger partial charge in [0, 0.05) is 0 Å². The van der Waals surface area contributed by atoms with Crippen molar-refractivity contribution in [2.75, 3.05) is 6.61 Å². The summed E-state index contributed by atoms with van der Waals surface area (Å²) in [5, 5.41) is 10.7. The number of aliphatic hydroxyl groups is 1. The molecule has 4 atom stereocenters. The van der Waals surface area contributed by atoms with E-state index in [-0.39, 0.29) is 5.97 Å². The fraction of sp³-hybridized carbons (Fsp3) is 0.550. The van der Waals surface area contributed by atoms with Crippen molar-refractivity contribution in [3.8, 4) is 0 Å². The van der Waals surface area contributed by atoms with Crippen LogP contribution in [0.4, 0.5) is 0 Å². The maximum atomic E-state index is 12.7. The van der Waals surface area contributed by atoms with E-state index in [9.17, 15) is 9.90 Å². The monoisotopic (exact) mass is 312 g/mol. The highest BCUT2D eigenvalue weighted by Gasteiger charge is 2.60. The number of hydrogen-bond acceptors (Lipinski definition) is 3. The molecule has 0 saturated heterocycles. The summed E-state index contributed by atoms with van der Waals surface area (Å²) in [6.45, 7) is 0.309. The molecule has 0 spiro atoms. The fourth-order valence-electron chi connectivity index (χ4n) is 5.48. The van der Waals surface area contributed by atoms with Gasteiger partial charge in [-0.2, -0.15) is 0 Å². The van der Waals surface area contributed by atoms with Gasteiger partial charge in [-0.05, 0) is 62.0 Å². The van der Waals surface area contributed by atoms with E-state index >= 15 is 0 Å². The Labute approximate surface area is 137 Å². The van der Waals surface area contributed by atoms with E-state index in [0.29, 0.717) is 24.9 Å². The minimum atomic E-state index is -0.608. The van der Waals surface area contributed by atoms with Crippen LogP contribution in [0.25, 0.3) is 6.08 Å². The van der Waals surface area contributed by atoms with Gasteiger partial charge in [0.05, 0.1) is 11.0 Å². The zero-order valence-electron chi connectivity index (χ0n) is 13.4. The number of ether oxygens (including phenoxy) is 1. The molecule has 4 aliphatic rings. The molecule has 0 aliphatic heterocycles. The second-order valence-corrected chi connectivity index (χ2v) is 7.88. The Kier molecular flexibility index (Phi) is 3.56. The summed E-state index contributed by atoms with van der Waals surface area (Å²) in [5.74, 6) is 0.921. The molecule has 122 valence electrons. The molecular weight excluding hydrogens is 288 g/mol. The first-order valence-corrected chi connectivity index (χ1v) is 8.68. The Morgan fingerprint density at radius 3 is 2.52 bits per heavy atom. The quantitative estimate of drug-likeness (QED) is 0.865. The second kappa shape index (κ2) is 5.48. The van der Waals surface area contributed by atoms with Crippen LogP contribution in [0, 0.1) is 17.3 Å². The Balaban J connectivity index is 1.39. The van der Waals surface area contributed by atoms with Gasteiger partial charge in [-0.15, -0.1) is 0 Å². The summed E-state index contributed by atoms with van der Waals surface area (Å²) in [6, 6.07) is 10.00. The minimum absolute atomic E-state index is 0.0947. The Morgan fingerprint density at radius 2 is 1.87 bits per heavy atom. The van der Waals surface area contributed by atoms with Crippen LogP contribution in [0.15, 0.2) is 36.4 Å². The normalized spacial score (nSPS) is 38.1. The number of benzene rings is 1. The summed E-state index contributed by atoms with van der Waals surface area (Å²) in [6.07, 6.45) is 9.24. The molecule has 4 saturated carbocycles. The average Bonchev–Trinajstić information content (AvgIpc) is 2.50. The molecule has 0 amide bonds. The van der Waals surface area contributed by atoms with Crippen LogP contribution < -0.4 is 0 Å². The molecule has 1 aromatic rings. The summed E-state index contributed by atoms with van der Waals surface area (Å²) >= 11 is 0. The van der Waals surface area contributed by atoms with Gasteiger partial charge < -0.3 is 9.84 Å². The lowest BCUT2D eigenvalue weighted by atomic mass is 9.48. The van der Waals surface area contributed by atoms with Gasteiger partial charge in [0.2, 0.25) is 0 Å². The van der Waals surface area contributed by atoms with Crippen LogP contribution in [0.5, 0.6) is 0 Å². The van der Waals surface area contributed by atoms with Crippen LogP contribution in [-0.2, 0) is 9.53 Å². The lowest BCUT2D eigenvalue weighted by molar-refractivity contribution is -0.195. The molecule has 0 aromatic heterocycles. The molecule has 1 N–H and O–H groups in total. The van der Waals surface area contributed by atoms with Crippen molar-refractivity contribution in [2.45, 2.75) is 44.1 Å². The fourth-order valence-corrected chi connectivity index (χ4v) is 5.48. The zero-order valence-corrected chi connectivity index (χ0v) is 13.4. The molecule has 4 bridgehead atoms. The van der Waals surface area contributed by atoms with Gasteiger partial charge in [-0.1, -0.05) is 36.4 Å². The number of esters is 1. The van der Waals surface area contributed by atoms with Crippen molar-refractivity contribution >= 4 is 12.0 Å². The molecule has 23 heavy (non-hydrogen) atoms. The first-order chi connectivity index (χ1) is 11.1. The molecule has 5 rings (SSSR count). The maximum Gasteiger partial charge on any atom is 0.312 e. The lowest BCUT2D eigenvalue weighted by Crippen LogP contribution is -2.58. The molecule has 3 heteroatoms. The molecule has 4 aliphatic carbocycles. The van der Waals surface area contributed by atoms with E-state index in [1.807, 2.05) is 42.5 Å². The predicted octanol–water partition coefficient (Wildman–Crippen LogP) is 3.57. The standard InChI is InChI=1S/C20H24O3/c21-18(23-8-4-7-15-5-2-1-3-6-15)19-10-16-9-17(11-19)13-20(22,12-16)14-19/h1-7,16-17,22H,8-14H2/b7-4+/t16-,17+,19?,20?. The molecule has 2 unspecified atom stereocenters. The van der Waals surface area contributed by atoms with Crippen LogP contribution >= 0.6 is 0 Å². The van der Waals surface area contributed by atoms with E-state index in [0.717, 1.165) is 31.2 Å². The topological polar surface area (TPSA) is 46.5 Å². The summed E-state index contributed by atoms with van der Waals surface area (Å²) in [7, 11) is 0. The van der Waals surface area contributed by atoms with Crippen molar-refractivity contribution < 1.29 is 14.6 Å². The molecule has 0 heterocycles. The summed E-state index contributed by atoms with van der Waals surface area (Å²) in [5.41, 5.74) is 0.0789. The van der Waals surface area contributed by atoms with Crippen LogP contribution in [-0.4, -0.2) is 23.3 Å². The van der Waals surface area contributed by atoms with Gasteiger partial charge in [-0.3, -0.25) is 4.79 Å². The van der Waals surface area contributed by atoms with Gasteiger partial charge >= 0.3 is 5.97 Å². The second-order valence-electron chi connectivity index (χ2n) is 7.88. The molecule has 3 nitrogen and oxygen atoms in total. The van der Waals surface area contributed by atoms with Crippen LogP contribution in [0.2, 0.25) is 0 Å². The SMILES string of the molecule is O=C(OC/C=C/c1ccccc1)C12C[C@@H]3C[C@@H](CC(O)(C3)C1)C2. The van der Waals surface area contributed by atoms with Crippen molar-refractivity contribution in [3.63, 3.8) is 0 Å². The Bertz CT molecular complexity index is 605. The number of hydrogen-bond donors (Lipinski definition) is 1. The summed E-state index contributed by atoms with van der Waals surface area (Å²) in [4.78, 5) is 12.7. The van der Waals surface area contributed by atoms with Crippen molar-refractivity contribution in [1.29, 1.82) is 0 Å². The highest BCUT2D eigenvalue weighted by molar-refractivity contribution is 5.78. The molecule has 4 fully saturated rings. The largest absolute Gasteiger partial charge is 0.461 e. The molecular formula is C20H24O3. The predicted molar refractivity (Wildman–Crippen MR) is 88.5 cm³/mol. The zero-order chi connectivity index (χ0) is 15.9. The van der Waals surface area contributed by atoms with Gasteiger partial charge in [-0.25, -0.2) is 0 Å². The maximum absolute atomic E-state index is 12.7. The Morgan fingerprint density at radius 1 is 1.17 bits per heavy atom. The molecule has 1 aromatic carbocycles. The first kappa shape index (κ1) is 14.9. The van der Waals surface area contributed by atoms with Gasteiger partial charge in [0.25, 0.3) is 0 Å². The van der Waals surface area contributed by atoms with Crippen LogP contribution in [0.1, 0.15) is 44.1 Å². The van der Waals surface area contributed by atoms with Crippen molar-refractivity contribution in [1.82, 2.24) is 0 Å². The van der Waals surface area contributed by atoms with E-state index in [4.69, 9.17) is 4.74 Å². The van der Waals surface area contributed by atoms with Crippen molar-refractivity contribution in [2.24, 2.45) is 17.3 Å². The minimum Gasteiger partial charge on any atom is -0.461 e. The first-order valence-electron chi connectivity index (χ1n) is 8.68. The highest BCUT2D eigenvalue weighted by atomic mass is 16.5. The third-order valence-electron chi connectivity index (χ3n) is 5.88. The number of carbonyl (C=O) groups excluding carboxylic acids is 1. The van der Waals surface area contributed by atoms with Gasteiger partial charge in [0.15, 0.2) is 0 Å². The third-order valence-corrected chi connectivity index (χ3v) is 5.88. The average molecular weight is 312 g/mol. The van der Waals surface area contributed by atoms with Crippen molar-refractivity contribution in [3.05, 3.63) is 42.0 Å². The summed E-state index contributed by atoms with van der Waals surface area (Å²) < 4.78 is 5.56. The van der Waals surface area contributed by atoms with Gasteiger partial charge in [0.1, 0.15) is 6.61 Å². The van der Waals surface area contributed by atoms with E-state index in [1.165, 1.54) is 6.42 Å². The van der Waals surface area contributed by atoms with E-state index < -0.39 is 11.0 Å². The number of carbonyl (C=O) groups is 1. The van der Waals surface area contributed by atoms with E-state index in [2.05, 4.69) is 0 Å². The van der Waals surface area contributed by atoms with E-state index in [1.54, 1.807) is 0 Å². The smallest absolute Gasteiger partial charge is 0.312 e. The lowest BCUT2D eigenvalue weighted by Gasteiger charge is -2.58.